The van der Waals surface area contributed by atoms with Gasteiger partial charge in [-0.05, 0) is 23.8 Å². The summed E-state index contributed by atoms with van der Waals surface area (Å²) in [7, 11) is 1.71. The lowest BCUT2D eigenvalue weighted by Crippen LogP contribution is -2.51. The summed E-state index contributed by atoms with van der Waals surface area (Å²) in [4.78, 5) is 37.5. The fraction of sp³-hybridized carbons (Fsp3) is 0.300. The normalized spacial score (nSPS) is 14.5. The third-order valence-corrected chi connectivity index (χ3v) is 5.06. The van der Waals surface area contributed by atoms with Gasteiger partial charge in [-0.25, -0.2) is 9.37 Å². The largest absolute Gasteiger partial charge is 0.348 e. The van der Waals surface area contributed by atoms with Crippen molar-refractivity contribution >= 4 is 22.8 Å². The predicted octanol–water partition coefficient (Wildman–Crippen LogP) is 1.36. The van der Waals surface area contributed by atoms with Gasteiger partial charge in [-0.1, -0.05) is 12.1 Å². The van der Waals surface area contributed by atoms with E-state index in [4.69, 9.17) is 0 Å². The van der Waals surface area contributed by atoms with Gasteiger partial charge in [-0.3, -0.25) is 14.6 Å². The number of aryl methyl sites for hydroxylation is 1. The van der Waals surface area contributed by atoms with Gasteiger partial charge >= 0.3 is 0 Å². The zero-order valence-corrected chi connectivity index (χ0v) is 15.5. The predicted molar refractivity (Wildman–Crippen MR) is 104 cm³/mol. The maximum absolute atomic E-state index is 13.0. The molecule has 0 spiro atoms. The van der Waals surface area contributed by atoms with Crippen molar-refractivity contribution in [2.45, 2.75) is 6.42 Å². The number of amides is 1. The van der Waals surface area contributed by atoms with E-state index in [2.05, 4.69) is 9.97 Å². The lowest BCUT2D eigenvalue weighted by atomic mass is 10.1. The minimum Gasteiger partial charge on any atom is -0.348 e. The molecule has 1 amide bonds. The molecule has 3 aromatic rings. The van der Waals surface area contributed by atoms with Crippen LogP contribution in [0.4, 0.5) is 10.2 Å². The second-order valence-corrected chi connectivity index (χ2v) is 6.84. The molecule has 1 aliphatic rings. The molecule has 1 aliphatic heterocycles. The van der Waals surface area contributed by atoms with Crippen molar-refractivity contribution in [1.82, 2.24) is 19.4 Å². The minimum atomic E-state index is -0.315. The number of anilines is 1. The number of nitrogens with zero attached hydrogens (tertiary/aromatic N) is 5. The van der Waals surface area contributed by atoms with Crippen LogP contribution in [0.25, 0.3) is 11.0 Å². The second-order valence-electron chi connectivity index (χ2n) is 6.84. The topological polar surface area (TPSA) is 71.3 Å². The second kappa shape index (κ2) is 7.38. The fourth-order valence-corrected chi connectivity index (χ4v) is 3.42. The highest BCUT2D eigenvalue weighted by atomic mass is 19.1. The van der Waals surface area contributed by atoms with Crippen LogP contribution in [0, 0.1) is 5.82 Å². The van der Waals surface area contributed by atoms with Crippen molar-refractivity contribution in [2.75, 3.05) is 31.1 Å². The van der Waals surface area contributed by atoms with Gasteiger partial charge in [0.25, 0.3) is 5.56 Å². The summed E-state index contributed by atoms with van der Waals surface area (Å²) in [6.07, 6.45) is 3.51. The fourth-order valence-electron chi connectivity index (χ4n) is 3.42. The highest BCUT2D eigenvalue weighted by Crippen LogP contribution is 2.15. The summed E-state index contributed by atoms with van der Waals surface area (Å²) in [6, 6.07) is 7.75. The third kappa shape index (κ3) is 3.45. The first kappa shape index (κ1) is 18.1. The molecule has 1 saturated heterocycles. The lowest BCUT2D eigenvalue weighted by molar-refractivity contribution is -0.130. The molecule has 4 rings (SSSR count). The first-order valence-electron chi connectivity index (χ1n) is 9.11. The van der Waals surface area contributed by atoms with Crippen LogP contribution >= 0.6 is 0 Å². The van der Waals surface area contributed by atoms with E-state index in [1.54, 1.807) is 47.1 Å². The highest BCUT2D eigenvalue weighted by Gasteiger charge is 2.24. The van der Waals surface area contributed by atoms with Gasteiger partial charge in [-0.15, -0.1) is 0 Å². The highest BCUT2D eigenvalue weighted by molar-refractivity contribution is 5.79. The number of rotatable bonds is 3. The number of fused-ring (bicyclic) bond motifs is 1. The van der Waals surface area contributed by atoms with E-state index in [0.717, 1.165) is 5.56 Å². The quantitative estimate of drug-likeness (QED) is 0.685. The van der Waals surface area contributed by atoms with Crippen molar-refractivity contribution in [1.29, 1.82) is 0 Å². The van der Waals surface area contributed by atoms with Crippen LogP contribution in [0.15, 0.2) is 47.5 Å². The summed E-state index contributed by atoms with van der Waals surface area (Å²) >= 11 is 0. The van der Waals surface area contributed by atoms with Crippen LogP contribution < -0.4 is 10.5 Å². The van der Waals surface area contributed by atoms with Crippen LogP contribution in [0.5, 0.6) is 0 Å². The monoisotopic (exact) mass is 381 g/mol. The number of aromatic nitrogens is 3. The van der Waals surface area contributed by atoms with Crippen molar-refractivity contribution in [3.63, 3.8) is 0 Å². The molecule has 0 aliphatic carbocycles. The first-order chi connectivity index (χ1) is 13.5. The first-order valence-corrected chi connectivity index (χ1v) is 9.11. The van der Waals surface area contributed by atoms with Crippen LogP contribution in [0.1, 0.15) is 5.56 Å². The van der Waals surface area contributed by atoms with Crippen LogP contribution in [-0.4, -0.2) is 51.5 Å². The molecule has 0 N–H and O–H groups in total. The van der Waals surface area contributed by atoms with Gasteiger partial charge in [0.2, 0.25) is 5.91 Å². The summed E-state index contributed by atoms with van der Waals surface area (Å²) in [5, 5.41) is 0. The zero-order valence-electron chi connectivity index (χ0n) is 15.5. The van der Waals surface area contributed by atoms with Gasteiger partial charge < -0.3 is 14.4 Å². The SMILES string of the molecule is Cn1c(=O)c(N2CCN(C(=O)Cc3ccc(F)cc3)CC2)nc2ccncc21. The average Bonchev–Trinajstić information content (AvgIpc) is 2.72. The van der Waals surface area contributed by atoms with Gasteiger partial charge in [0, 0.05) is 39.4 Å². The maximum atomic E-state index is 13.0. The Hall–Kier alpha value is -3.29. The average molecular weight is 381 g/mol. The number of benzene rings is 1. The Bertz CT molecular complexity index is 1070. The summed E-state index contributed by atoms with van der Waals surface area (Å²) in [5.74, 6) is 0.0774. The van der Waals surface area contributed by atoms with Gasteiger partial charge in [0.15, 0.2) is 5.82 Å². The molecule has 7 nitrogen and oxygen atoms in total. The molecule has 1 aromatic carbocycles. The van der Waals surface area contributed by atoms with E-state index in [0.29, 0.717) is 43.0 Å². The molecule has 1 fully saturated rings. The van der Waals surface area contributed by atoms with Crippen molar-refractivity contribution in [3.05, 3.63) is 64.5 Å². The van der Waals surface area contributed by atoms with Crippen LogP contribution in [-0.2, 0) is 18.3 Å². The van der Waals surface area contributed by atoms with Crippen molar-refractivity contribution < 1.29 is 9.18 Å². The smallest absolute Gasteiger partial charge is 0.293 e. The van der Waals surface area contributed by atoms with Gasteiger partial charge in [0.1, 0.15) is 5.82 Å². The molecular weight excluding hydrogens is 361 g/mol. The number of carbonyl (C=O) groups is 1. The van der Waals surface area contributed by atoms with E-state index in [9.17, 15) is 14.0 Å². The Balaban J connectivity index is 1.46. The maximum Gasteiger partial charge on any atom is 0.293 e. The van der Waals surface area contributed by atoms with E-state index in [-0.39, 0.29) is 23.7 Å². The standard InChI is InChI=1S/C20H20FN5O2/c1-24-17-13-22-7-6-16(17)23-19(20(24)28)26-10-8-25(9-11-26)18(27)12-14-2-4-15(21)5-3-14/h2-7,13H,8-12H2,1H3. The van der Waals surface area contributed by atoms with E-state index in [1.807, 2.05) is 4.90 Å². The lowest BCUT2D eigenvalue weighted by Gasteiger charge is -2.35. The Morgan fingerprint density at radius 2 is 1.82 bits per heavy atom. The molecule has 0 radical (unpaired) electrons. The molecule has 0 atom stereocenters. The number of halogens is 1. The molecule has 3 heterocycles. The molecular formula is C20H20FN5O2. The number of piperazine rings is 1. The number of carbonyl (C=O) groups excluding carboxylic acids is 1. The van der Waals surface area contributed by atoms with Gasteiger partial charge in [0.05, 0.1) is 23.7 Å². The van der Waals surface area contributed by atoms with Crippen LogP contribution in [0.2, 0.25) is 0 Å². The Morgan fingerprint density at radius 1 is 1.11 bits per heavy atom. The molecule has 0 saturated carbocycles. The van der Waals surface area contributed by atoms with E-state index >= 15 is 0 Å². The Morgan fingerprint density at radius 3 is 2.54 bits per heavy atom. The third-order valence-electron chi connectivity index (χ3n) is 5.06. The van der Waals surface area contributed by atoms with Crippen molar-refractivity contribution in [3.8, 4) is 0 Å². The molecule has 8 heteroatoms. The summed E-state index contributed by atoms with van der Waals surface area (Å²) in [5.41, 5.74) is 2.00. The molecule has 0 bridgehead atoms. The minimum absolute atomic E-state index is 0.00305. The molecule has 28 heavy (non-hydrogen) atoms. The van der Waals surface area contributed by atoms with Crippen LogP contribution in [0.3, 0.4) is 0 Å². The summed E-state index contributed by atoms with van der Waals surface area (Å²) in [6.45, 7) is 2.10. The number of hydrogen-bond donors (Lipinski definition) is 0. The number of pyridine rings is 1. The Labute approximate surface area is 161 Å². The number of hydrogen-bond acceptors (Lipinski definition) is 5. The van der Waals surface area contributed by atoms with Crippen molar-refractivity contribution in [2.24, 2.45) is 7.05 Å². The summed E-state index contributed by atoms with van der Waals surface area (Å²) < 4.78 is 14.6. The molecule has 0 unspecified atom stereocenters. The zero-order chi connectivity index (χ0) is 19.7. The van der Waals surface area contributed by atoms with Gasteiger partial charge in [-0.2, -0.15) is 0 Å². The Kier molecular flexibility index (Phi) is 4.77. The molecule has 144 valence electrons. The van der Waals surface area contributed by atoms with E-state index < -0.39 is 0 Å². The molecule has 2 aromatic heterocycles. The van der Waals surface area contributed by atoms with E-state index in [1.165, 1.54) is 12.1 Å².